The first kappa shape index (κ1) is 29.5. The highest BCUT2D eigenvalue weighted by atomic mass is 32.2. The van der Waals surface area contributed by atoms with Gasteiger partial charge in [-0.15, -0.1) is 0 Å². The van der Waals surface area contributed by atoms with Crippen molar-refractivity contribution in [1.29, 1.82) is 0 Å². The normalized spacial score (nSPS) is 14.7. The molecule has 0 saturated carbocycles. The summed E-state index contributed by atoms with van der Waals surface area (Å²) >= 11 is 0. The smallest absolute Gasteiger partial charge is 0.418 e. The predicted octanol–water partition coefficient (Wildman–Crippen LogP) is 6.53. The predicted molar refractivity (Wildman–Crippen MR) is 132 cm³/mol. The van der Waals surface area contributed by atoms with Crippen LogP contribution in [0.1, 0.15) is 50.7 Å². The number of rotatable bonds is 10. The highest BCUT2D eigenvalue weighted by Gasteiger charge is 2.36. The molecule has 0 saturated heterocycles. The molecule has 0 spiro atoms. The Morgan fingerprint density at radius 3 is 1.82 bits per heavy atom. The lowest BCUT2D eigenvalue weighted by Crippen LogP contribution is -2.50. The second kappa shape index (κ2) is 12.8. The average molecular weight is 507 g/mol. The van der Waals surface area contributed by atoms with Crippen LogP contribution in [0.2, 0.25) is 0 Å². The zero-order valence-electron chi connectivity index (χ0n) is 19.9. The fraction of sp³-hybridized carbons (Fsp3) is 0.478. The second-order valence-corrected chi connectivity index (χ2v) is 12.2. The Balaban J connectivity index is 0.000000981. The van der Waals surface area contributed by atoms with E-state index in [9.17, 15) is 25.7 Å². The molecule has 3 nitrogen and oxygen atoms in total. The molecular formula is C23H34BF4NO2S2. The summed E-state index contributed by atoms with van der Waals surface area (Å²) in [5.41, 5.74) is 1.83. The van der Waals surface area contributed by atoms with E-state index in [2.05, 4.69) is 56.0 Å². The molecule has 0 aliphatic heterocycles. The van der Waals surface area contributed by atoms with E-state index in [0.29, 0.717) is 4.90 Å². The van der Waals surface area contributed by atoms with Gasteiger partial charge < -0.3 is 17.3 Å². The third kappa shape index (κ3) is 12.0. The van der Waals surface area contributed by atoms with Crippen LogP contribution >= 0.6 is 0 Å². The van der Waals surface area contributed by atoms with Crippen molar-refractivity contribution in [3.63, 3.8) is 0 Å². The first-order valence-corrected chi connectivity index (χ1v) is 14.1. The van der Waals surface area contributed by atoms with Crippen LogP contribution in [0.15, 0.2) is 58.3 Å². The van der Waals surface area contributed by atoms with Crippen LogP contribution in [0.5, 0.6) is 0 Å². The lowest BCUT2D eigenvalue weighted by Gasteiger charge is -2.29. The molecule has 2 rings (SSSR count). The summed E-state index contributed by atoms with van der Waals surface area (Å²) in [4.78, 5) is 1.62. The largest absolute Gasteiger partial charge is 0.673 e. The van der Waals surface area contributed by atoms with Gasteiger partial charge in [0.15, 0.2) is 4.90 Å². The monoisotopic (exact) mass is 507 g/mol. The fourth-order valence-corrected chi connectivity index (χ4v) is 6.82. The molecule has 0 aliphatic carbocycles. The van der Waals surface area contributed by atoms with Gasteiger partial charge in [-0.2, -0.15) is 0 Å². The van der Waals surface area contributed by atoms with Gasteiger partial charge in [-0.1, -0.05) is 61.6 Å². The van der Waals surface area contributed by atoms with Crippen molar-refractivity contribution in [1.82, 2.24) is 4.72 Å². The van der Waals surface area contributed by atoms with Gasteiger partial charge in [-0.3, -0.25) is 0 Å². The zero-order valence-corrected chi connectivity index (χ0v) is 21.5. The third-order valence-corrected chi connectivity index (χ3v) is 8.80. The third-order valence-electron chi connectivity index (χ3n) is 5.00. The molecule has 0 aliphatic rings. The number of benzene rings is 2. The number of nitrogens with one attached hydrogen (secondary N) is 1. The Morgan fingerprint density at radius 1 is 0.909 bits per heavy atom. The molecule has 33 heavy (non-hydrogen) atoms. The maximum atomic E-state index is 13.0. The van der Waals surface area contributed by atoms with Gasteiger partial charge in [0.05, 0.1) is 10.4 Å². The Labute approximate surface area is 198 Å². The molecule has 10 heteroatoms. The molecule has 0 bridgehead atoms. The molecule has 0 fully saturated rings. The van der Waals surface area contributed by atoms with Crippen LogP contribution in [-0.4, -0.2) is 33.2 Å². The first-order chi connectivity index (χ1) is 15.1. The summed E-state index contributed by atoms with van der Waals surface area (Å²) in [7, 11) is -9.59. The number of halogens is 4. The van der Waals surface area contributed by atoms with E-state index in [1.54, 1.807) is 12.1 Å². The summed E-state index contributed by atoms with van der Waals surface area (Å²) in [5, 5.41) is 0. The molecule has 0 heterocycles. The van der Waals surface area contributed by atoms with E-state index in [4.69, 9.17) is 0 Å². The van der Waals surface area contributed by atoms with E-state index in [1.165, 1.54) is 10.5 Å². The standard InChI is InChI=1S/C23H34NO2S2.BF4/c1-6-7-8-17-23(4,18-27(5)21-13-9-19(2)10-14-21)24-28(25,26)22-15-11-20(3)12-16-22;2-1(3,4)5/h9-16,24H,6-8,17-18H2,1-5H3;/q+1;-1/t23-,27?;/m1./s1. The summed E-state index contributed by atoms with van der Waals surface area (Å²) in [6.07, 6.45) is 6.31. The van der Waals surface area contributed by atoms with E-state index in [-0.39, 0.29) is 10.9 Å². The molecular weight excluding hydrogens is 473 g/mol. The van der Waals surface area contributed by atoms with Crippen LogP contribution < -0.4 is 4.72 Å². The van der Waals surface area contributed by atoms with Crippen molar-refractivity contribution >= 4 is 28.2 Å². The minimum Gasteiger partial charge on any atom is -0.418 e. The maximum Gasteiger partial charge on any atom is 0.673 e. The summed E-state index contributed by atoms with van der Waals surface area (Å²) in [6, 6.07) is 15.7. The molecule has 186 valence electrons. The van der Waals surface area contributed by atoms with Crippen LogP contribution in [-0.2, 0) is 20.9 Å². The van der Waals surface area contributed by atoms with Gasteiger partial charge in [0.1, 0.15) is 12.0 Å². The molecule has 2 atom stereocenters. The van der Waals surface area contributed by atoms with Gasteiger partial charge in [-0.25, -0.2) is 13.1 Å². The van der Waals surface area contributed by atoms with Gasteiger partial charge in [0.2, 0.25) is 10.0 Å². The SMILES string of the molecule is CCCCC[C@](C)(C[S+](C)c1ccc(C)cc1)NS(=O)(=O)c1ccc(C)cc1.F[B-](F)(F)F. The molecule has 1 unspecified atom stereocenters. The van der Waals surface area contributed by atoms with E-state index in [0.717, 1.165) is 37.0 Å². The van der Waals surface area contributed by atoms with Crippen molar-refractivity contribution in [3.05, 3.63) is 59.7 Å². The Hall–Kier alpha value is -1.52. The summed E-state index contributed by atoms with van der Waals surface area (Å²) in [6.45, 7) is 8.28. The number of hydrogen-bond donors (Lipinski definition) is 1. The minimum absolute atomic E-state index is 0.0382. The summed E-state index contributed by atoms with van der Waals surface area (Å²) in [5.74, 6) is 0.796. The Morgan fingerprint density at radius 2 is 1.36 bits per heavy atom. The highest BCUT2D eigenvalue weighted by Crippen LogP contribution is 2.25. The molecule has 2 aromatic carbocycles. The topological polar surface area (TPSA) is 46.2 Å². The van der Waals surface area contributed by atoms with Crippen LogP contribution in [0.25, 0.3) is 0 Å². The second-order valence-electron chi connectivity index (χ2n) is 8.53. The van der Waals surface area contributed by atoms with E-state index in [1.807, 2.05) is 19.1 Å². The van der Waals surface area contributed by atoms with E-state index >= 15 is 0 Å². The van der Waals surface area contributed by atoms with Crippen molar-refractivity contribution in [2.24, 2.45) is 0 Å². The van der Waals surface area contributed by atoms with Crippen molar-refractivity contribution in [2.45, 2.75) is 68.7 Å². The lowest BCUT2D eigenvalue weighted by atomic mass is 9.98. The highest BCUT2D eigenvalue weighted by molar-refractivity contribution is 7.96. The maximum absolute atomic E-state index is 13.0. The zero-order chi connectivity index (χ0) is 25.3. The number of aryl methyl sites for hydroxylation is 2. The minimum atomic E-state index is -6.00. The quantitative estimate of drug-likeness (QED) is 0.172. The van der Waals surface area contributed by atoms with Crippen LogP contribution in [0, 0.1) is 13.8 Å². The van der Waals surface area contributed by atoms with Gasteiger partial charge in [0, 0.05) is 10.9 Å². The Bertz CT molecular complexity index is 946. The number of hydrogen-bond acceptors (Lipinski definition) is 2. The number of unbranched alkanes of at least 4 members (excludes halogenated alkanes) is 2. The molecule has 0 amide bonds. The van der Waals surface area contributed by atoms with Gasteiger partial charge in [0.25, 0.3) is 0 Å². The van der Waals surface area contributed by atoms with Crippen molar-refractivity contribution in [2.75, 3.05) is 12.0 Å². The van der Waals surface area contributed by atoms with Crippen LogP contribution in [0.4, 0.5) is 17.3 Å². The molecule has 1 N–H and O–H groups in total. The van der Waals surface area contributed by atoms with Gasteiger partial charge in [-0.05, 0) is 51.5 Å². The van der Waals surface area contributed by atoms with E-state index < -0.39 is 22.8 Å². The molecule has 0 aromatic heterocycles. The van der Waals surface area contributed by atoms with Crippen molar-refractivity contribution < 1.29 is 25.7 Å². The fourth-order valence-electron chi connectivity index (χ4n) is 3.35. The van der Waals surface area contributed by atoms with Gasteiger partial charge >= 0.3 is 7.25 Å². The summed E-state index contributed by atoms with van der Waals surface area (Å²) < 4.78 is 68.1. The lowest BCUT2D eigenvalue weighted by molar-refractivity contribution is 0.368. The molecule has 0 radical (unpaired) electrons. The number of sulfonamides is 1. The molecule has 2 aromatic rings. The Kier molecular flexibility index (Phi) is 11.5. The first-order valence-electron chi connectivity index (χ1n) is 10.8. The van der Waals surface area contributed by atoms with Crippen LogP contribution in [0.3, 0.4) is 0 Å². The van der Waals surface area contributed by atoms with Crippen molar-refractivity contribution in [3.8, 4) is 0 Å². The average Bonchev–Trinajstić information content (AvgIpc) is 2.67.